The van der Waals surface area contributed by atoms with Gasteiger partial charge >= 0.3 is 0 Å². The Morgan fingerprint density at radius 3 is 2.55 bits per heavy atom. The lowest BCUT2D eigenvalue weighted by molar-refractivity contribution is -0.136. The molecule has 1 N–H and O–H groups in total. The van der Waals surface area contributed by atoms with Crippen LogP contribution in [0.15, 0.2) is 48.5 Å². The molecule has 33 heavy (non-hydrogen) atoms. The van der Waals surface area contributed by atoms with Crippen molar-refractivity contribution in [1.29, 1.82) is 0 Å². The van der Waals surface area contributed by atoms with Crippen molar-refractivity contribution in [3.8, 4) is 16.9 Å². The molecule has 2 aromatic carbocycles. The molecule has 168 valence electrons. The van der Waals surface area contributed by atoms with Crippen LogP contribution in [0, 0.1) is 0 Å². The van der Waals surface area contributed by atoms with Crippen LogP contribution in [0.4, 0.5) is 8.78 Å². The number of aromatic nitrogens is 3. The van der Waals surface area contributed by atoms with Crippen molar-refractivity contribution in [3.63, 3.8) is 0 Å². The Morgan fingerprint density at radius 2 is 1.85 bits per heavy atom. The monoisotopic (exact) mass is 451 g/mol. The molecule has 1 atom stereocenters. The zero-order valence-electron chi connectivity index (χ0n) is 17.6. The van der Waals surface area contributed by atoms with Gasteiger partial charge in [0.05, 0.1) is 5.69 Å². The van der Waals surface area contributed by atoms with Crippen molar-refractivity contribution < 1.29 is 23.2 Å². The Bertz CT molecular complexity index is 1280. The van der Waals surface area contributed by atoms with Crippen LogP contribution in [0.25, 0.3) is 16.9 Å². The molecule has 0 aliphatic carbocycles. The summed E-state index contributed by atoms with van der Waals surface area (Å²) < 4.78 is 30.4. The molecule has 1 saturated heterocycles. The molecule has 5 rings (SSSR count). The SMILES string of the molecule is CC(F)(F)c1c(-c2ccc3c(c2)CN(C2CCC(=O)NC2=O)C3=O)nnn1-c1ccccc1. The molecule has 3 amide bonds. The van der Waals surface area contributed by atoms with E-state index < -0.39 is 17.9 Å². The highest BCUT2D eigenvalue weighted by Gasteiger charge is 2.40. The van der Waals surface area contributed by atoms with Crippen molar-refractivity contribution in [3.05, 3.63) is 65.4 Å². The predicted octanol–water partition coefficient (Wildman–Crippen LogP) is 2.81. The maximum Gasteiger partial charge on any atom is 0.289 e. The number of nitrogens with one attached hydrogen (secondary N) is 1. The van der Waals surface area contributed by atoms with Gasteiger partial charge in [-0.15, -0.1) is 5.10 Å². The first-order valence-electron chi connectivity index (χ1n) is 10.4. The lowest BCUT2D eigenvalue weighted by Gasteiger charge is -2.29. The molecular formula is C23H19F2N5O3. The quantitative estimate of drug-likeness (QED) is 0.616. The van der Waals surface area contributed by atoms with Crippen LogP contribution in [0.2, 0.25) is 0 Å². The fourth-order valence-electron chi connectivity index (χ4n) is 4.34. The molecule has 8 nitrogen and oxygen atoms in total. The van der Waals surface area contributed by atoms with Gasteiger partial charge in [0.2, 0.25) is 11.8 Å². The number of alkyl halides is 2. The molecule has 0 radical (unpaired) electrons. The molecule has 10 heteroatoms. The second-order valence-electron chi connectivity index (χ2n) is 8.19. The number of carbonyl (C=O) groups excluding carboxylic acids is 3. The number of para-hydroxylation sites is 1. The third kappa shape index (κ3) is 3.57. The number of rotatable bonds is 4. The van der Waals surface area contributed by atoms with Crippen molar-refractivity contribution in [1.82, 2.24) is 25.2 Å². The van der Waals surface area contributed by atoms with E-state index in [1.165, 1.54) is 4.90 Å². The van der Waals surface area contributed by atoms with E-state index in [1.54, 1.807) is 48.5 Å². The number of halogens is 2. The van der Waals surface area contributed by atoms with Crippen LogP contribution in [0.1, 0.15) is 41.4 Å². The van der Waals surface area contributed by atoms with Gasteiger partial charge in [0.1, 0.15) is 17.4 Å². The molecule has 0 saturated carbocycles. The van der Waals surface area contributed by atoms with Crippen LogP contribution in [0.5, 0.6) is 0 Å². The van der Waals surface area contributed by atoms with Crippen LogP contribution >= 0.6 is 0 Å². The number of amides is 3. The van der Waals surface area contributed by atoms with Gasteiger partial charge in [-0.25, -0.2) is 4.68 Å². The van der Waals surface area contributed by atoms with Gasteiger partial charge in [-0.3, -0.25) is 19.7 Å². The van der Waals surface area contributed by atoms with E-state index in [4.69, 9.17) is 0 Å². The summed E-state index contributed by atoms with van der Waals surface area (Å²) in [5.41, 5.74) is 1.49. The number of benzene rings is 2. The molecule has 1 aromatic heterocycles. The number of hydrogen-bond acceptors (Lipinski definition) is 5. The molecule has 0 spiro atoms. The van der Waals surface area contributed by atoms with Crippen LogP contribution in [0.3, 0.4) is 0 Å². The molecule has 2 aliphatic rings. The van der Waals surface area contributed by atoms with Gasteiger partial charge in [0.15, 0.2) is 0 Å². The number of piperidine rings is 1. The van der Waals surface area contributed by atoms with Crippen LogP contribution in [-0.2, 0) is 22.1 Å². The third-order valence-corrected chi connectivity index (χ3v) is 5.88. The smallest absolute Gasteiger partial charge is 0.289 e. The van der Waals surface area contributed by atoms with Gasteiger partial charge in [-0.1, -0.05) is 29.5 Å². The Labute approximate surface area is 187 Å². The van der Waals surface area contributed by atoms with Gasteiger partial charge in [-0.05, 0) is 36.2 Å². The highest BCUT2D eigenvalue weighted by atomic mass is 19.3. The second-order valence-corrected chi connectivity index (χ2v) is 8.19. The molecule has 2 aliphatic heterocycles. The van der Waals surface area contributed by atoms with Crippen molar-refractivity contribution >= 4 is 17.7 Å². The summed E-state index contributed by atoms with van der Waals surface area (Å²) in [7, 11) is 0. The zero-order valence-corrected chi connectivity index (χ0v) is 17.6. The normalized spacial score (nSPS) is 18.5. The lowest BCUT2D eigenvalue weighted by atomic mass is 10.0. The summed E-state index contributed by atoms with van der Waals surface area (Å²) >= 11 is 0. The van der Waals surface area contributed by atoms with Gasteiger partial charge in [-0.2, -0.15) is 8.78 Å². The van der Waals surface area contributed by atoms with Gasteiger partial charge in [0, 0.05) is 31.0 Å². The van der Waals surface area contributed by atoms with E-state index in [0.29, 0.717) is 22.4 Å². The maximum atomic E-state index is 14.7. The summed E-state index contributed by atoms with van der Waals surface area (Å²) in [6.07, 6.45) is 0.397. The van der Waals surface area contributed by atoms with E-state index >= 15 is 0 Å². The van der Waals surface area contributed by atoms with Crippen molar-refractivity contribution in [2.75, 3.05) is 0 Å². The summed E-state index contributed by atoms with van der Waals surface area (Å²) in [6, 6.07) is 12.5. The average molecular weight is 451 g/mol. The Hall–Kier alpha value is -3.95. The fraction of sp³-hybridized carbons (Fsp3) is 0.261. The number of imide groups is 1. The van der Waals surface area contributed by atoms with Crippen molar-refractivity contribution in [2.45, 2.75) is 38.3 Å². The molecular weight excluding hydrogens is 432 g/mol. The summed E-state index contributed by atoms with van der Waals surface area (Å²) in [4.78, 5) is 38.0. The first-order chi connectivity index (χ1) is 15.7. The van der Waals surface area contributed by atoms with Gasteiger partial charge in [0.25, 0.3) is 11.8 Å². The largest absolute Gasteiger partial charge is 0.322 e. The fourth-order valence-corrected chi connectivity index (χ4v) is 4.34. The van der Waals surface area contributed by atoms with Crippen molar-refractivity contribution in [2.24, 2.45) is 0 Å². The molecule has 3 aromatic rings. The standard InChI is InChI=1S/C23H19F2N5O3/c1-23(24,25)20-19(27-28-30(20)15-5-3-2-4-6-15)13-7-8-16-14(11-13)12-29(22(16)33)17-9-10-18(31)26-21(17)32/h2-8,11,17H,9-10,12H2,1H3,(H,26,31,32). The molecule has 3 heterocycles. The summed E-state index contributed by atoms with van der Waals surface area (Å²) in [5.74, 6) is -4.44. The van der Waals surface area contributed by atoms with E-state index in [1.807, 2.05) is 0 Å². The maximum absolute atomic E-state index is 14.7. The van der Waals surface area contributed by atoms with E-state index in [-0.39, 0.29) is 42.6 Å². The average Bonchev–Trinajstić information content (AvgIpc) is 3.36. The number of nitrogens with zero attached hydrogens (tertiary/aromatic N) is 4. The van der Waals surface area contributed by atoms with Crippen LogP contribution in [-0.4, -0.2) is 43.7 Å². The second kappa shape index (κ2) is 7.58. The molecule has 1 unspecified atom stereocenters. The number of hydrogen-bond donors (Lipinski definition) is 1. The highest BCUT2D eigenvalue weighted by Crippen LogP contribution is 2.37. The number of fused-ring (bicyclic) bond motifs is 1. The topological polar surface area (TPSA) is 97.2 Å². The first-order valence-corrected chi connectivity index (χ1v) is 10.4. The minimum absolute atomic E-state index is 0.0149. The summed E-state index contributed by atoms with van der Waals surface area (Å²) in [5, 5.41) is 10.3. The van der Waals surface area contributed by atoms with Crippen LogP contribution < -0.4 is 5.32 Å². The number of carbonyl (C=O) groups is 3. The summed E-state index contributed by atoms with van der Waals surface area (Å²) in [6.45, 7) is 0.926. The minimum Gasteiger partial charge on any atom is -0.322 e. The minimum atomic E-state index is -3.23. The molecule has 1 fully saturated rings. The zero-order chi connectivity index (χ0) is 23.3. The predicted molar refractivity (Wildman–Crippen MR) is 112 cm³/mol. The Morgan fingerprint density at radius 1 is 1.09 bits per heavy atom. The van der Waals surface area contributed by atoms with E-state index in [9.17, 15) is 23.2 Å². The van der Waals surface area contributed by atoms with E-state index in [0.717, 1.165) is 11.6 Å². The molecule has 0 bridgehead atoms. The third-order valence-electron chi connectivity index (χ3n) is 5.88. The Balaban J connectivity index is 1.52. The first kappa shape index (κ1) is 20.9. The highest BCUT2D eigenvalue weighted by molar-refractivity contribution is 6.05. The van der Waals surface area contributed by atoms with E-state index in [2.05, 4.69) is 15.6 Å². The van der Waals surface area contributed by atoms with Gasteiger partial charge < -0.3 is 4.90 Å². The lowest BCUT2D eigenvalue weighted by Crippen LogP contribution is -2.52. The Kier molecular flexibility index (Phi) is 4.80.